The molecular formula is C29H45Cl2N5O5. The monoisotopic (exact) mass is 613 g/mol. The molecule has 2 amide bonds. The first-order chi connectivity index (χ1) is 19.3. The number of nitrogens with zero attached hydrogens (tertiary/aromatic N) is 3. The summed E-state index contributed by atoms with van der Waals surface area (Å²) in [5.41, 5.74) is 1.96. The van der Waals surface area contributed by atoms with Gasteiger partial charge in [-0.2, -0.15) is 0 Å². The average molecular weight is 615 g/mol. The maximum absolute atomic E-state index is 13.4. The fraction of sp³-hybridized carbons (Fsp3) is 0.655. The zero-order valence-electron chi connectivity index (χ0n) is 25.3. The highest BCUT2D eigenvalue weighted by Crippen LogP contribution is 2.23. The summed E-state index contributed by atoms with van der Waals surface area (Å²) in [6.07, 6.45) is 0.302. The maximum Gasteiger partial charge on any atom is 0.408 e. The van der Waals surface area contributed by atoms with E-state index >= 15 is 0 Å². The van der Waals surface area contributed by atoms with E-state index in [0.29, 0.717) is 37.7 Å². The first-order valence-electron chi connectivity index (χ1n) is 14.1. The Morgan fingerprint density at radius 3 is 2.29 bits per heavy atom. The zero-order valence-corrected chi connectivity index (χ0v) is 26.8. The SMILES string of the molecule is CCOC(=O)C(CC(C)C)NC(=O)C(CCc1nc2cc(N(CCCl)CCCl)ccc2n1C)NC(=O)OC(C)(C)C. The molecule has 230 valence electrons. The number of aromatic nitrogens is 2. The lowest BCUT2D eigenvalue weighted by Crippen LogP contribution is -2.53. The number of alkyl halides is 2. The van der Waals surface area contributed by atoms with Crippen molar-refractivity contribution in [3.63, 3.8) is 0 Å². The van der Waals surface area contributed by atoms with E-state index in [1.165, 1.54) is 0 Å². The van der Waals surface area contributed by atoms with Gasteiger partial charge in [-0.05, 0) is 64.7 Å². The molecule has 41 heavy (non-hydrogen) atoms. The fourth-order valence-corrected chi connectivity index (χ4v) is 4.83. The Morgan fingerprint density at radius 2 is 1.73 bits per heavy atom. The molecule has 0 fully saturated rings. The number of hydrogen-bond acceptors (Lipinski definition) is 7. The lowest BCUT2D eigenvalue weighted by molar-refractivity contribution is -0.148. The highest BCUT2D eigenvalue weighted by atomic mass is 35.5. The van der Waals surface area contributed by atoms with Crippen LogP contribution in [0.3, 0.4) is 0 Å². The summed E-state index contributed by atoms with van der Waals surface area (Å²) in [7, 11) is 1.91. The third kappa shape index (κ3) is 10.9. The Bertz CT molecular complexity index is 1160. The molecule has 2 atom stereocenters. The molecule has 0 radical (unpaired) electrons. The second-order valence-electron chi connectivity index (χ2n) is 11.3. The van der Waals surface area contributed by atoms with Crippen molar-refractivity contribution in [2.24, 2.45) is 13.0 Å². The average Bonchev–Trinajstić information content (AvgIpc) is 3.19. The number of fused-ring (bicyclic) bond motifs is 1. The second kappa shape index (κ2) is 16.1. The molecule has 1 aromatic heterocycles. The van der Waals surface area contributed by atoms with Crippen molar-refractivity contribution in [2.75, 3.05) is 36.4 Å². The predicted octanol–water partition coefficient (Wildman–Crippen LogP) is 4.78. The molecule has 1 aromatic carbocycles. The third-order valence-corrected chi connectivity index (χ3v) is 6.63. The summed E-state index contributed by atoms with van der Waals surface area (Å²) in [5, 5.41) is 5.47. The van der Waals surface area contributed by atoms with E-state index in [1.807, 2.05) is 43.7 Å². The van der Waals surface area contributed by atoms with Crippen LogP contribution in [0.1, 0.15) is 60.2 Å². The quantitative estimate of drug-likeness (QED) is 0.219. The van der Waals surface area contributed by atoms with E-state index in [-0.39, 0.29) is 18.9 Å². The van der Waals surface area contributed by atoms with Gasteiger partial charge in [0.15, 0.2) is 0 Å². The number of nitrogens with one attached hydrogen (secondary N) is 2. The first kappa shape index (κ1) is 34.5. The van der Waals surface area contributed by atoms with Gasteiger partial charge in [-0.3, -0.25) is 4.79 Å². The normalized spacial score (nSPS) is 13.1. The largest absolute Gasteiger partial charge is 0.464 e. The number of hydrogen-bond donors (Lipinski definition) is 2. The number of alkyl carbamates (subject to hydrolysis) is 1. The number of benzene rings is 1. The number of amides is 2. The van der Waals surface area contributed by atoms with Gasteiger partial charge in [0, 0.05) is 44.0 Å². The van der Waals surface area contributed by atoms with Gasteiger partial charge in [0.2, 0.25) is 5.91 Å². The molecule has 12 heteroatoms. The zero-order chi connectivity index (χ0) is 30.7. The van der Waals surface area contributed by atoms with Gasteiger partial charge in [0.05, 0.1) is 17.6 Å². The van der Waals surface area contributed by atoms with Crippen LogP contribution >= 0.6 is 23.2 Å². The lowest BCUT2D eigenvalue weighted by Gasteiger charge is -2.25. The summed E-state index contributed by atoms with van der Waals surface area (Å²) in [5.74, 6) is 0.834. The van der Waals surface area contributed by atoms with E-state index in [1.54, 1.807) is 27.7 Å². The van der Waals surface area contributed by atoms with Crippen LogP contribution in [0, 0.1) is 5.92 Å². The van der Waals surface area contributed by atoms with Crippen molar-refractivity contribution in [1.29, 1.82) is 0 Å². The Hall–Kier alpha value is -2.72. The number of ether oxygens (including phenoxy) is 2. The molecule has 2 aromatic rings. The van der Waals surface area contributed by atoms with E-state index in [4.69, 9.17) is 37.7 Å². The number of rotatable bonds is 15. The van der Waals surface area contributed by atoms with E-state index < -0.39 is 35.7 Å². The van der Waals surface area contributed by atoms with Crippen LogP contribution in [0.2, 0.25) is 0 Å². The molecule has 0 aliphatic heterocycles. The van der Waals surface area contributed by atoms with Crippen LogP contribution < -0.4 is 15.5 Å². The summed E-state index contributed by atoms with van der Waals surface area (Å²) < 4.78 is 12.5. The Morgan fingerprint density at radius 1 is 1.07 bits per heavy atom. The second-order valence-corrected chi connectivity index (χ2v) is 12.1. The van der Waals surface area contributed by atoms with Crippen LogP contribution in [-0.2, 0) is 32.5 Å². The summed E-state index contributed by atoms with van der Waals surface area (Å²) in [4.78, 5) is 45.5. The third-order valence-electron chi connectivity index (χ3n) is 6.29. The van der Waals surface area contributed by atoms with Crippen molar-refractivity contribution in [1.82, 2.24) is 20.2 Å². The van der Waals surface area contributed by atoms with Gasteiger partial charge in [-0.25, -0.2) is 14.6 Å². The molecule has 2 N–H and O–H groups in total. The van der Waals surface area contributed by atoms with E-state index in [2.05, 4.69) is 15.5 Å². The maximum atomic E-state index is 13.4. The van der Waals surface area contributed by atoms with Gasteiger partial charge in [-0.1, -0.05) is 13.8 Å². The number of esters is 1. The van der Waals surface area contributed by atoms with Gasteiger partial charge < -0.3 is 29.6 Å². The van der Waals surface area contributed by atoms with Crippen molar-refractivity contribution in [2.45, 2.75) is 78.5 Å². The van der Waals surface area contributed by atoms with Gasteiger partial charge in [0.1, 0.15) is 23.5 Å². The summed E-state index contributed by atoms with van der Waals surface area (Å²) in [6.45, 7) is 12.4. The topological polar surface area (TPSA) is 115 Å². The Kier molecular flexibility index (Phi) is 13.5. The molecule has 10 nitrogen and oxygen atoms in total. The minimum atomic E-state index is -0.966. The van der Waals surface area contributed by atoms with Crippen molar-refractivity contribution in [3.8, 4) is 0 Å². The van der Waals surface area contributed by atoms with Gasteiger partial charge >= 0.3 is 12.1 Å². The van der Waals surface area contributed by atoms with Crippen LogP contribution in [0.25, 0.3) is 11.0 Å². The molecule has 0 bridgehead atoms. The summed E-state index contributed by atoms with van der Waals surface area (Å²) in [6, 6.07) is 4.21. The van der Waals surface area contributed by atoms with Crippen molar-refractivity contribution < 1.29 is 23.9 Å². The first-order valence-corrected chi connectivity index (χ1v) is 15.1. The molecule has 0 saturated heterocycles. The van der Waals surface area contributed by atoms with E-state index in [9.17, 15) is 14.4 Å². The minimum absolute atomic E-state index is 0.136. The molecule has 0 spiro atoms. The van der Waals surface area contributed by atoms with Crippen LogP contribution in [0.5, 0.6) is 0 Å². The van der Waals surface area contributed by atoms with Gasteiger partial charge in [0.25, 0.3) is 0 Å². The van der Waals surface area contributed by atoms with Crippen LogP contribution in [-0.4, -0.2) is 76.7 Å². The molecule has 2 rings (SSSR count). The number of halogens is 2. The fourth-order valence-electron chi connectivity index (χ4n) is 4.43. The summed E-state index contributed by atoms with van der Waals surface area (Å²) >= 11 is 12.0. The molecule has 0 aliphatic carbocycles. The highest BCUT2D eigenvalue weighted by Gasteiger charge is 2.30. The number of aryl methyl sites for hydroxylation is 2. The Balaban J connectivity index is 2.29. The van der Waals surface area contributed by atoms with Gasteiger partial charge in [-0.15, -0.1) is 23.2 Å². The smallest absolute Gasteiger partial charge is 0.408 e. The molecular weight excluding hydrogens is 569 g/mol. The molecule has 0 saturated carbocycles. The molecule has 0 aliphatic rings. The lowest BCUT2D eigenvalue weighted by atomic mass is 10.0. The number of carbonyl (C=O) groups excluding carboxylic acids is 3. The minimum Gasteiger partial charge on any atom is -0.464 e. The number of imidazole rings is 1. The predicted molar refractivity (Wildman–Crippen MR) is 164 cm³/mol. The molecule has 1 heterocycles. The highest BCUT2D eigenvalue weighted by molar-refractivity contribution is 6.18. The van der Waals surface area contributed by atoms with Crippen molar-refractivity contribution >= 4 is 57.9 Å². The number of carbonyl (C=O) groups is 3. The van der Waals surface area contributed by atoms with Crippen molar-refractivity contribution in [3.05, 3.63) is 24.0 Å². The standard InChI is InChI=1S/C29H45Cl2N5O5/c1-8-40-27(38)23(17-19(2)3)33-26(37)21(34-28(39)41-29(4,5)6)10-12-25-32-22-18-20(9-11-24(22)35(25)7)36(15-13-30)16-14-31/h9,11,18-19,21,23H,8,10,12-17H2,1-7H3,(H,33,37)(H,34,39). The number of anilines is 1. The van der Waals surface area contributed by atoms with Crippen LogP contribution in [0.15, 0.2) is 18.2 Å². The molecule has 2 unspecified atom stereocenters. The van der Waals surface area contributed by atoms with E-state index in [0.717, 1.165) is 22.5 Å². The Labute approximate surface area is 253 Å². The van der Waals surface area contributed by atoms with Crippen LogP contribution in [0.4, 0.5) is 10.5 Å².